The lowest BCUT2D eigenvalue weighted by atomic mass is 10.0. The molecule has 3 aromatic rings. The fourth-order valence-electron chi connectivity index (χ4n) is 2.12. The molecule has 0 radical (unpaired) electrons. The van der Waals surface area contributed by atoms with Crippen LogP contribution in [0.25, 0.3) is 11.3 Å². The highest BCUT2D eigenvalue weighted by Crippen LogP contribution is 2.29. The summed E-state index contributed by atoms with van der Waals surface area (Å²) in [5, 5.41) is 6.03. The molecule has 0 bridgehead atoms. The number of benzene rings is 2. The minimum atomic E-state index is -0.240. The fraction of sp³-hybridized carbons (Fsp3) is 0.118. The molecule has 1 N–H and O–H groups in total. The molecule has 0 amide bonds. The third-order valence-electron chi connectivity index (χ3n) is 3.27. The Morgan fingerprint density at radius 2 is 1.81 bits per heavy atom. The third-order valence-corrected chi connectivity index (χ3v) is 4.03. The summed E-state index contributed by atoms with van der Waals surface area (Å²) in [5.41, 5.74) is 5.37. The zero-order chi connectivity index (χ0) is 14.8. The molecule has 106 valence electrons. The molecule has 0 spiro atoms. The average Bonchev–Trinajstić information content (AvgIpc) is 2.92. The van der Waals surface area contributed by atoms with E-state index < -0.39 is 0 Å². The van der Waals surface area contributed by atoms with Gasteiger partial charge in [-0.2, -0.15) is 0 Å². The molecular formula is C17H15FN2S. The van der Waals surface area contributed by atoms with Crippen LogP contribution in [0.1, 0.15) is 11.1 Å². The maximum Gasteiger partial charge on any atom is 0.187 e. The second kappa shape index (κ2) is 5.66. The second-order valence-corrected chi connectivity index (χ2v) is 5.85. The van der Waals surface area contributed by atoms with Crippen LogP contribution in [0.3, 0.4) is 0 Å². The van der Waals surface area contributed by atoms with Crippen LogP contribution in [-0.4, -0.2) is 4.98 Å². The molecule has 1 aromatic heterocycles. The molecule has 0 aliphatic heterocycles. The van der Waals surface area contributed by atoms with Gasteiger partial charge in [0.25, 0.3) is 0 Å². The van der Waals surface area contributed by atoms with Crippen molar-refractivity contribution in [2.75, 3.05) is 5.32 Å². The van der Waals surface area contributed by atoms with Gasteiger partial charge in [0.2, 0.25) is 0 Å². The number of aryl methyl sites for hydroxylation is 2. The zero-order valence-corrected chi connectivity index (χ0v) is 12.7. The number of anilines is 2. The van der Waals surface area contributed by atoms with Crippen LogP contribution in [0.4, 0.5) is 15.2 Å². The number of aromatic nitrogens is 1. The Hall–Kier alpha value is -2.20. The number of thiazole rings is 1. The Morgan fingerprint density at radius 1 is 1.05 bits per heavy atom. The van der Waals surface area contributed by atoms with Crippen LogP contribution in [0, 0.1) is 19.7 Å². The van der Waals surface area contributed by atoms with E-state index in [0.717, 1.165) is 22.1 Å². The largest absolute Gasteiger partial charge is 0.332 e. The van der Waals surface area contributed by atoms with Crippen molar-refractivity contribution in [3.63, 3.8) is 0 Å². The Labute approximate surface area is 127 Å². The van der Waals surface area contributed by atoms with Gasteiger partial charge in [0.05, 0.1) is 5.69 Å². The van der Waals surface area contributed by atoms with E-state index in [1.165, 1.54) is 23.3 Å². The quantitative estimate of drug-likeness (QED) is 0.709. The molecular weight excluding hydrogens is 283 g/mol. The summed E-state index contributed by atoms with van der Waals surface area (Å²) >= 11 is 1.54. The Balaban J connectivity index is 1.86. The van der Waals surface area contributed by atoms with Crippen LogP contribution >= 0.6 is 11.3 Å². The molecule has 0 aliphatic carbocycles. The first kappa shape index (κ1) is 13.8. The molecule has 0 saturated carbocycles. The lowest BCUT2D eigenvalue weighted by Gasteiger charge is -2.04. The molecule has 0 atom stereocenters. The molecule has 3 rings (SSSR count). The number of rotatable bonds is 3. The van der Waals surface area contributed by atoms with Crippen molar-refractivity contribution in [2.45, 2.75) is 13.8 Å². The Kier molecular flexibility index (Phi) is 3.71. The molecule has 0 aliphatic rings. The molecule has 0 fully saturated rings. The van der Waals surface area contributed by atoms with Crippen molar-refractivity contribution in [1.29, 1.82) is 0 Å². The highest BCUT2D eigenvalue weighted by Gasteiger charge is 2.08. The molecule has 1 heterocycles. The second-order valence-electron chi connectivity index (χ2n) is 4.99. The van der Waals surface area contributed by atoms with Gasteiger partial charge in [-0.15, -0.1) is 11.3 Å². The fourth-order valence-corrected chi connectivity index (χ4v) is 2.85. The molecule has 2 nitrogen and oxygen atoms in total. The summed E-state index contributed by atoms with van der Waals surface area (Å²) in [7, 11) is 0. The SMILES string of the molecule is Cc1ccc(C)c(-c2csc(Nc3ccc(F)cc3)n2)c1. The minimum Gasteiger partial charge on any atom is -0.332 e. The van der Waals surface area contributed by atoms with Crippen LogP contribution in [-0.2, 0) is 0 Å². The van der Waals surface area contributed by atoms with Crippen LogP contribution in [0.5, 0.6) is 0 Å². The number of halogens is 1. The maximum atomic E-state index is 12.9. The summed E-state index contributed by atoms with van der Waals surface area (Å²) in [5.74, 6) is -0.240. The molecule has 21 heavy (non-hydrogen) atoms. The van der Waals surface area contributed by atoms with Gasteiger partial charge in [0.15, 0.2) is 5.13 Å². The van der Waals surface area contributed by atoms with Crippen molar-refractivity contribution in [2.24, 2.45) is 0 Å². The topological polar surface area (TPSA) is 24.9 Å². The van der Waals surface area contributed by atoms with Gasteiger partial charge in [0, 0.05) is 16.6 Å². The van der Waals surface area contributed by atoms with Crippen LogP contribution in [0.2, 0.25) is 0 Å². The van der Waals surface area contributed by atoms with Crippen molar-refractivity contribution >= 4 is 22.2 Å². The van der Waals surface area contributed by atoms with E-state index in [2.05, 4.69) is 42.3 Å². The first-order valence-electron chi connectivity index (χ1n) is 6.67. The van der Waals surface area contributed by atoms with E-state index in [4.69, 9.17) is 0 Å². The van der Waals surface area contributed by atoms with E-state index in [1.807, 2.05) is 5.38 Å². The van der Waals surface area contributed by atoms with E-state index in [0.29, 0.717) is 0 Å². The van der Waals surface area contributed by atoms with Crippen LogP contribution in [0.15, 0.2) is 47.8 Å². The lowest BCUT2D eigenvalue weighted by Crippen LogP contribution is -1.90. The number of nitrogens with one attached hydrogen (secondary N) is 1. The standard InChI is InChI=1S/C17H15FN2S/c1-11-3-4-12(2)15(9-11)16-10-21-17(20-16)19-14-7-5-13(18)6-8-14/h3-10H,1-2H3,(H,19,20). The lowest BCUT2D eigenvalue weighted by molar-refractivity contribution is 0.628. The van der Waals surface area contributed by atoms with Crippen LogP contribution < -0.4 is 5.32 Å². The van der Waals surface area contributed by atoms with E-state index in [9.17, 15) is 4.39 Å². The maximum absolute atomic E-state index is 12.9. The molecule has 2 aromatic carbocycles. The molecule has 4 heteroatoms. The monoisotopic (exact) mass is 298 g/mol. The van der Waals surface area contributed by atoms with Gasteiger partial charge < -0.3 is 5.32 Å². The van der Waals surface area contributed by atoms with Crippen molar-refractivity contribution in [3.8, 4) is 11.3 Å². The van der Waals surface area contributed by atoms with Crippen molar-refractivity contribution < 1.29 is 4.39 Å². The summed E-state index contributed by atoms with van der Waals surface area (Å²) in [6.45, 7) is 4.16. The van der Waals surface area contributed by atoms with Gasteiger partial charge >= 0.3 is 0 Å². The Morgan fingerprint density at radius 3 is 2.57 bits per heavy atom. The smallest absolute Gasteiger partial charge is 0.187 e. The summed E-state index contributed by atoms with van der Waals surface area (Å²) in [6, 6.07) is 12.6. The Bertz CT molecular complexity index is 763. The minimum absolute atomic E-state index is 0.240. The predicted molar refractivity (Wildman–Crippen MR) is 86.7 cm³/mol. The number of nitrogens with zero attached hydrogens (tertiary/aromatic N) is 1. The van der Waals surface area contributed by atoms with Gasteiger partial charge in [-0.05, 0) is 49.7 Å². The normalized spacial score (nSPS) is 10.6. The van der Waals surface area contributed by atoms with Gasteiger partial charge in [-0.3, -0.25) is 0 Å². The zero-order valence-electron chi connectivity index (χ0n) is 11.9. The van der Waals surface area contributed by atoms with Gasteiger partial charge in [-0.25, -0.2) is 9.37 Å². The van der Waals surface area contributed by atoms with Gasteiger partial charge in [-0.1, -0.05) is 17.7 Å². The summed E-state index contributed by atoms with van der Waals surface area (Å²) in [6.07, 6.45) is 0. The first-order valence-corrected chi connectivity index (χ1v) is 7.55. The highest BCUT2D eigenvalue weighted by molar-refractivity contribution is 7.14. The third kappa shape index (κ3) is 3.11. The first-order chi connectivity index (χ1) is 10.1. The van der Waals surface area contributed by atoms with E-state index >= 15 is 0 Å². The van der Waals surface area contributed by atoms with Crippen molar-refractivity contribution in [1.82, 2.24) is 4.98 Å². The summed E-state index contributed by atoms with van der Waals surface area (Å²) in [4.78, 5) is 4.61. The predicted octanol–water partition coefficient (Wildman–Crippen LogP) is 5.31. The van der Waals surface area contributed by atoms with Crippen molar-refractivity contribution in [3.05, 3.63) is 64.8 Å². The van der Waals surface area contributed by atoms with Gasteiger partial charge in [0.1, 0.15) is 5.82 Å². The van der Waals surface area contributed by atoms with E-state index in [-0.39, 0.29) is 5.82 Å². The average molecular weight is 298 g/mol. The molecule has 0 saturated heterocycles. The summed E-state index contributed by atoms with van der Waals surface area (Å²) < 4.78 is 12.9. The number of hydrogen-bond acceptors (Lipinski definition) is 3. The number of hydrogen-bond donors (Lipinski definition) is 1. The highest BCUT2D eigenvalue weighted by atomic mass is 32.1. The van der Waals surface area contributed by atoms with E-state index in [1.54, 1.807) is 23.5 Å². The molecule has 0 unspecified atom stereocenters.